The van der Waals surface area contributed by atoms with E-state index in [-0.39, 0.29) is 6.54 Å². The van der Waals surface area contributed by atoms with Gasteiger partial charge in [0.25, 0.3) is 0 Å². The first kappa shape index (κ1) is 10.7. The molecule has 82 valence electrons. The third kappa shape index (κ3) is 2.61. The van der Waals surface area contributed by atoms with Crippen LogP contribution >= 0.6 is 11.5 Å². The third-order valence-corrected chi connectivity index (χ3v) is 3.93. The summed E-state index contributed by atoms with van der Waals surface area (Å²) in [7, 11) is -3.35. The summed E-state index contributed by atoms with van der Waals surface area (Å²) in [6, 6.07) is 0. The zero-order chi connectivity index (χ0) is 10.9. The Morgan fingerprint density at radius 1 is 1.60 bits per heavy atom. The van der Waals surface area contributed by atoms with E-state index in [0.717, 1.165) is 28.8 Å². The largest absolute Gasteiger partial charge is 0.233 e. The van der Waals surface area contributed by atoms with Gasteiger partial charge in [-0.05, 0) is 24.4 Å². The van der Waals surface area contributed by atoms with Crippen molar-refractivity contribution in [1.29, 1.82) is 0 Å². The Labute approximate surface area is 92.4 Å². The fraction of sp³-hybridized carbons (Fsp3) is 0.500. The van der Waals surface area contributed by atoms with Crippen molar-refractivity contribution < 1.29 is 8.42 Å². The topological polar surface area (TPSA) is 72.0 Å². The maximum Gasteiger partial charge on any atom is 0.233 e. The van der Waals surface area contributed by atoms with Gasteiger partial charge in [0.15, 0.2) is 0 Å². The van der Waals surface area contributed by atoms with Crippen molar-refractivity contribution in [1.82, 2.24) is 14.3 Å². The average Bonchev–Trinajstić information content (AvgIpc) is 2.95. The maximum absolute atomic E-state index is 11.1. The molecular weight excluding hydrogens is 234 g/mol. The molecule has 0 radical (unpaired) electrons. The Kier molecular flexibility index (Phi) is 2.85. The van der Waals surface area contributed by atoms with E-state index >= 15 is 0 Å². The van der Waals surface area contributed by atoms with E-state index in [1.165, 1.54) is 11.5 Å². The minimum atomic E-state index is -3.35. The molecule has 1 aromatic rings. The molecule has 1 saturated carbocycles. The predicted molar refractivity (Wildman–Crippen MR) is 57.8 cm³/mol. The molecule has 0 aliphatic heterocycles. The summed E-state index contributed by atoms with van der Waals surface area (Å²) in [5, 5.41) is 4.91. The van der Waals surface area contributed by atoms with Crippen LogP contribution in [-0.4, -0.2) is 18.0 Å². The van der Waals surface area contributed by atoms with Gasteiger partial charge < -0.3 is 0 Å². The van der Waals surface area contributed by atoms with Crippen LogP contribution in [0.3, 0.4) is 0 Å². The molecule has 15 heavy (non-hydrogen) atoms. The molecule has 2 rings (SSSR count). The molecule has 1 aromatic heterocycles. The number of hydrogen-bond acceptors (Lipinski definition) is 5. The SMILES string of the molecule is C=CS(=O)(=O)NCc1snnc1C1CC1. The lowest BCUT2D eigenvalue weighted by Crippen LogP contribution is -2.20. The molecular formula is C8H11N3O2S2. The molecule has 0 spiro atoms. The molecule has 1 aliphatic rings. The number of aromatic nitrogens is 2. The quantitative estimate of drug-likeness (QED) is 0.839. The monoisotopic (exact) mass is 245 g/mol. The minimum Gasteiger partial charge on any atom is -0.208 e. The van der Waals surface area contributed by atoms with Crippen LogP contribution in [0.25, 0.3) is 0 Å². The molecule has 1 fully saturated rings. The summed E-state index contributed by atoms with van der Waals surface area (Å²) in [4.78, 5) is 0.905. The summed E-state index contributed by atoms with van der Waals surface area (Å²) in [5.41, 5.74) is 0.951. The Bertz CT molecular complexity index is 462. The molecule has 1 heterocycles. The van der Waals surface area contributed by atoms with Crippen LogP contribution in [0.2, 0.25) is 0 Å². The Morgan fingerprint density at radius 2 is 2.33 bits per heavy atom. The van der Waals surface area contributed by atoms with Gasteiger partial charge in [0.05, 0.1) is 10.6 Å². The fourth-order valence-corrected chi connectivity index (χ4v) is 2.45. The second kappa shape index (κ2) is 3.99. The van der Waals surface area contributed by atoms with Crippen molar-refractivity contribution in [2.75, 3.05) is 0 Å². The van der Waals surface area contributed by atoms with Gasteiger partial charge in [-0.15, -0.1) is 5.10 Å². The van der Waals surface area contributed by atoms with Gasteiger partial charge in [0.1, 0.15) is 0 Å². The third-order valence-electron chi connectivity index (χ3n) is 2.20. The van der Waals surface area contributed by atoms with Gasteiger partial charge in [-0.25, -0.2) is 13.1 Å². The fourth-order valence-electron chi connectivity index (χ4n) is 1.23. The van der Waals surface area contributed by atoms with Gasteiger partial charge in [0.2, 0.25) is 10.0 Å². The van der Waals surface area contributed by atoms with Crippen molar-refractivity contribution in [2.24, 2.45) is 0 Å². The predicted octanol–water partition coefficient (Wildman–Crippen LogP) is 0.978. The summed E-state index contributed by atoms with van der Waals surface area (Å²) in [6.45, 7) is 3.49. The summed E-state index contributed by atoms with van der Waals surface area (Å²) < 4.78 is 28.5. The zero-order valence-electron chi connectivity index (χ0n) is 8.01. The van der Waals surface area contributed by atoms with E-state index in [9.17, 15) is 8.42 Å². The van der Waals surface area contributed by atoms with Crippen LogP contribution in [0.4, 0.5) is 0 Å². The van der Waals surface area contributed by atoms with E-state index in [0.29, 0.717) is 5.92 Å². The maximum atomic E-state index is 11.1. The van der Waals surface area contributed by atoms with E-state index in [1.807, 2.05) is 0 Å². The summed E-state index contributed by atoms with van der Waals surface area (Å²) >= 11 is 1.25. The molecule has 1 aliphatic carbocycles. The lowest BCUT2D eigenvalue weighted by atomic mass is 10.2. The molecule has 0 atom stereocenters. The van der Waals surface area contributed by atoms with E-state index < -0.39 is 10.0 Å². The second-order valence-corrected chi connectivity index (χ2v) is 5.94. The summed E-state index contributed by atoms with van der Waals surface area (Å²) in [5.74, 6) is 0.493. The minimum absolute atomic E-state index is 0.262. The van der Waals surface area contributed by atoms with Crippen molar-refractivity contribution in [2.45, 2.75) is 25.3 Å². The molecule has 1 N–H and O–H groups in total. The normalized spacial score (nSPS) is 16.5. The first-order valence-electron chi connectivity index (χ1n) is 4.55. The number of nitrogens with zero attached hydrogens (tertiary/aromatic N) is 2. The highest BCUT2D eigenvalue weighted by atomic mass is 32.2. The molecule has 0 amide bonds. The van der Waals surface area contributed by atoms with Crippen LogP contribution in [0.1, 0.15) is 29.3 Å². The highest BCUT2D eigenvalue weighted by molar-refractivity contribution is 7.92. The van der Waals surface area contributed by atoms with Crippen LogP contribution in [0.15, 0.2) is 12.0 Å². The Balaban J connectivity index is 2.04. The lowest BCUT2D eigenvalue weighted by Gasteiger charge is -2.00. The molecule has 0 saturated heterocycles. The van der Waals surface area contributed by atoms with Gasteiger partial charge in [0, 0.05) is 17.9 Å². The van der Waals surface area contributed by atoms with Gasteiger partial charge >= 0.3 is 0 Å². The van der Waals surface area contributed by atoms with E-state index in [1.54, 1.807) is 0 Å². The molecule has 5 nitrogen and oxygen atoms in total. The van der Waals surface area contributed by atoms with Crippen molar-refractivity contribution >= 4 is 21.6 Å². The Hall–Kier alpha value is -0.790. The second-order valence-electron chi connectivity index (χ2n) is 3.39. The molecule has 7 heteroatoms. The number of hydrogen-bond donors (Lipinski definition) is 1. The van der Waals surface area contributed by atoms with Crippen molar-refractivity contribution in [3.63, 3.8) is 0 Å². The molecule has 0 bridgehead atoms. The standard InChI is InChI=1S/C8H11N3O2S2/c1-2-15(12,13)9-5-7-8(6-3-4-6)10-11-14-7/h2,6,9H,1,3-5H2. The average molecular weight is 245 g/mol. The highest BCUT2D eigenvalue weighted by Crippen LogP contribution is 2.41. The number of rotatable bonds is 5. The van der Waals surface area contributed by atoms with Gasteiger partial charge in [-0.3, -0.25) is 0 Å². The molecule has 0 aromatic carbocycles. The zero-order valence-corrected chi connectivity index (χ0v) is 9.64. The molecule has 0 unspecified atom stereocenters. The van der Waals surface area contributed by atoms with Crippen LogP contribution in [0.5, 0.6) is 0 Å². The smallest absolute Gasteiger partial charge is 0.208 e. The van der Waals surface area contributed by atoms with E-state index in [2.05, 4.69) is 20.9 Å². The van der Waals surface area contributed by atoms with Crippen LogP contribution in [-0.2, 0) is 16.6 Å². The number of sulfonamides is 1. The van der Waals surface area contributed by atoms with Gasteiger partial charge in [-0.1, -0.05) is 11.1 Å². The number of nitrogens with one attached hydrogen (secondary N) is 1. The highest BCUT2D eigenvalue weighted by Gasteiger charge is 2.29. The Morgan fingerprint density at radius 3 is 2.93 bits per heavy atom. The van der Waals surface area contributed by atoms with Crippen LogP contribution < -0.4 is 4.72 Å². The first-order chi connectivity index (χ1) is 7.12. The van der Waals surface area contributed by atoms with Crippen molar-refractivity contribution in [3.05, 3.63) is 22.6 Å². The van der Waals surface area contributed by atoms with Gasteiger partial charge in [-0.2, -0.15) is 0 Å². The van der Waals surface area contributed by atoms with E-state index in [4.69, 9.17) is 0 Å². The van der Waals surface area contributed by atoms with Crippen molar-refractivity contribution in [3.8, 4) is 0 Å². The summed E-state index contributed by atoms with van der Waals surface area (Å²) in [6.07, 6.45) is 2.26. The first-order valence-corrected chi connectivity index (χ1v) is 6.87. The van der Waals surface area contributed by atoms with Crippen LogP contribution in [0, 0.1) is 0 Å². The lowest BCUT2D eigenvalue weighted by molar-refractivity contribution is 0.591.